The number of hydrogen-bond acceptors (Lipinski definition) is 4. The largest absolute Gasteiger partial charge is 0.469 e. The Morgan fingerprint density at radius 2 is 2.11 bits per heavy atom. The number of hydrogen-bond donors (Lipinski definition) is 0. The Morgan fingerprint density at radius 3 is 2.89 bits per heavy atom. The zero-order valence-electron chi connectivity index (χ0n) is 10.6. The van der Waals surface area contributed by atoms with Crippen LogP contribution in [0.3, 0.4) is 0 Å². The van der Waals surface area contributed by atoms with Gasteiger partial charge in [-0.2, -0.15) is 0 Å². The van der Waals surface area contributed by atoms with Crippen molar-refractivity contribution in [2.24, 2.45) is 16.7 Å². The van der Waals surface area contributed by atoms with Gasteiger partial charge in [-0.1, -0.05) is 13.8 Å². The molecule has 0 aromatic carbocycles. The molecule has 4 aliphatic rings. The van der Waals surface area contributed by atoms with Crippen molar-refractivity contribution in [3.8, 4) is 0 Å². The summed E-state index contributed by atoms with van der Waals surface area (Å²) in [5, 5.41) is 0. The van der Waals surface area contributed by atoms with E-state index in [1.807, 2.05) is 13.8 Å². The summed E-state index contributed by atoms with van der Waals surface area (Å²) in [7, 11) is 0. The van der Waals surface area contributed by atoms with Gasteiger partial charge in [0.1, 0.15) is 17.1 Å². The van der Waals surface area contributed by atoms with Crippen molar-refractivity contribution in [1.82, 2.24) is 0 Å². The van der Waals surface area contributed by atoms with Crippen LogP contribution in [0, 0.1) is 16.7 Å². The van der Waals surface area contributed by atoms with Gasteiger partial charge < -0.3 is 9.47 Å². The number of ketones is 2. The van der Waals surface area contributed by atoms with Gasteiger partial charge in [0.2, 0.25) is 0 Å². The maximum atomic E-state index is 12.5. The minimum absolute atomic E-state index is 0.0695. The van der Waals surface area contributed by atoms with Crippen LogP contribution in [0.5, 0.6) is 0 Å². The van der Waals surface area contributed by atoms with E-state index < -0.39 is 16.4 Å². The maximum absolute atomic E-state index is 12.5. The van der Waals surface area contributed by atoms with Gasteiger partial charge in [0.05, 0.1) is 0 Å². The summed E-state index contributed by atoms with van der Waals surface area (Å²) >= 11 is 0. The van der Waals surface area contributed by atoms with Crippen LogP contribution in [0.2, 0.25) is 0 Å². The lowest BCUT2D eigenvalue weighted by molar-refractivity contribution is -0.129. The van der Waals surface area contributed by atoms with Crippen molar-refractivity contribution in [2.75, 3.05) is 6.79 Å². The molecular weight excluding hydrogens is 232 g/mol. The number of Topliss-reactive ketones (excluding diaryl/α,β-unsaturated/α-hetero) is 1. The van der Waals surface area contributed by atoms with Crippen molar-refractivity contribution in [2.45, 2.75) is 38.7 Å². The first-order valence-electron chi connectivity index (χ1n) is 6.47. The van der Waals surface area contributed by atoms with E-state index in [2.05, 4.69) is 0 Å². The molecule has 0 aromatic rings. The Balaban J connectivity index is 1.91. The molecule has 96 valence electrons. The molecule has 4 heteroatoms. The van der Waals surface area contributed by atoms with Crippen LogP contribution in [0.15, 0.2) is 11.8 Å². The number of ether oxygens (including phenoxy) is 2. The number of carbonyl (C=O) groups is 2. The first-order valence-corrected chi connectivity index (χ1v) is 6.47. The van der Waals surface area contributed by atoms with Gasteiger partial charge in [-0.05, 0) is 18.8 Å². The van der Waals surface area contributed by atoms with Crippen LogP contribution in [-0.4, -0.2) is 24.0 Å². The number of carbonyl (C=O) groups excluding carboxylic acids is 2. The van der Waals surface area contributed by atoms with Crippen LogP contribution < -0.4 is 0 Å². The lowest BCUT2D eigenvalue weighted by atomic mass is 9.69. The lowest BCUT2D eigenvalue weighted by Crippen LogP contribution is -2.38. The number of rotatable bonds is 0. The van der Waals surface area contributed by atoms with Gasteiger partial charge in [-0.25, -0.2) is 0 Å². The molecule has 0 amide bonds. The highest BCUT2D eigenvalue weighted by atomic mass is 16.7. The minimum Gasteiger partial charge on any atom is -0.469 e. The Morgan fingerprint density at radius 1 is 1.33 bits per heavy atom. The zero-order valence-corrected chi connectivity index (χ0v) is 10.6. The van der Waals surface area contributed by atoms with E-state index in [0.29, 0.717) is 18.6 Å². The van der Waals surface area contributed by atoms with Gasteiger partial charge >= 0.3 is 0 Å². The molecule has 1 saturated heterocycles. The molecule has 2 bridgehead atoms. The minimum atomic E-state index is -0.516. The molecule has 0 N–H and O–H groups in total. The highest BCUT2D eigenvalue weighted by Crippen LogP contribution is 2.68. The normalized spacial score (nSPS) is 47.7. The predicted octanol–water partition coefficient (Wildman–Crippen LogP) is 1.59. The van der Waals surface area contributed by atoms with E-state index in [-0.39, 0.29) is 24.3 Å². The Labute approximate surface area is 105 Å². The third-order valence-electron chi connectivity index (χ3n) is 5.62. The van der Waals surface area contributed by atoms with Crippen LogP contribution in [0.25, 0.3) is 0 Å². The van der Waals surface area contributed by atoms with Gasteiger partial charge in [0.15, 0.2) is 12.6 Å². The Kier molecular flexibility index (Phi) is 1.62. The monoisotopic (exact) mass is 248 g/mol. The fourth-order valence-corrected chi connectivity index (χ4v) is 4.56. The van der Waals surface area contributed by atoms with E-state index in [1.54, 1.807) is 6.08 Å². The fourth-order valence-electron chi connectivity index (χ4n) is 4.56. The quantitative estimate of drug-likeness (QED) is 0.653. The zero-order chi connectivity index (χ0) is 12.8. The maximum Gasteiger partial charge on any atom is 0.189 e. The van der Waals surface area contributed by atoms with Crippen molar-refractivity contribution in [3.63, 3.8) is 0 Å². The topological polar surface area (TPSA) is 52.6 Å². The molecule has 0 aromatic heterocycles. The Hall–Kier alpha value is -1.16. The highest BCUT2D eigenvalue weighted by molar-refractivity contribution is 6.04. The first-order chi connectivity index (χ1) is 8.41. The summed E-state index contributed by atoms with van der Waals surface area (Å²) in [6, 6.07) is 0. The molecular formula is C14H16O4. The third-order valence-corrected chi connectivity index (χ3v) is 5.62. The molecule has 0 unspecified atom stereocenters. The van der Waals surface area contributed by atoms with Crippen molar-refractivity contribution >= 4 is 11.6 Å². The standard InChI is InChI=1S/C14H16O4/c1-12(2)8-4-14-6-13(8,5-10(12)16)9(15)3-11(14)17-7-18-14/h3,8H,4-7H2,1-2H3/t8-,13+,14-/m0/s1. The summed E-state index contributed by atoms with van der Waals surface area (Å²) in [5.41, 5.74) is -1.36. The summed E-state index contributed by atoms with van der Waals surface area (Å²) in [5.74, 6) is 1.06. The van der Waals surface area contributed by atoms with Crippen LogP contribution >= 0.6 is 0 Å². The first kappa shape index (κ1) is 10.7. The summed E-state index contributed by atoms with van der Waals surface area (Å²) in [4.78, 5) is 24.7. The van der Waals surface area contributed by atoms with E-state index in [9.17, 15) is 9.59 Å². The molecule has 18 heavy (non-hydrogen) atoms. The summed E-state index contributed by atoms with van der Waals surface area (Å²) in [6.45, 7) is 4.17. The van der Waals surface area contributed by atoms with Crippen LogP contribution in [-0.2, 0) is 19.1 Å². The summed E-state index contributed by atoms with van der Waals surface area (Å²) < 4.78 is 11.2. The molecule has 1 heterocycles. The van der Waals surface area contributed by atoms with Gasteiger partial charge in [-0.3, -0.25) is 9.59 Å². The van der Waals surface area contributed by atoms with E-state index >= 15 is 0 Å². The molecule has 2 spiro atoms. The highest BCUT2D eigenvalue weighted by Gasteiger charge is 2.72. The fraction of sp³-hybridized carbons (Fsp3) is 0.714. The third kappa shape index (κ3) is 0.912. The second-order valence-electron chi connectivity index (χ2n) is 6.68. The Bertz CT molecular complexity index is 518. The van der Waals surface area contributed by atoms with Gasteiger partial charge in [0, 0.05) is 23.3 Å². The van der Waals surface area contributed by atoms with Gasteiger partial charge in [-0.15, -0.1) is 0 Å². The van der Waals surface area contributed by atoms with Gasteiger partial charge in [0.25, 0.3) is 0 Å². The van der Waals surface area contributed by atoms with Crippen molar-refractivity contribution in [3.05, 3.63) is 11.8 Å². The number of allylic oxidation sites excluding steroid dienone is 1. The van der Waals surface area contributed by atoms with E-state index in [1.165, 1.54) is 0 Å². The molecule has 1 aliphatic heterocycles. The molecule has 3 fully saturated rings. The average molecular weight is 248 g/mol. The van der Waals surface area contributed by atoms with Crippen LogP contribution in [0.1, 0.15) is 33.1 Å². The average Bonchev–Trinajstić information content (AvgIpc) is 2.86. The van der Waals surface area contributed by atoms with Crippen LogP contribution in [0.4, 0.5) is 0 Å². The predicted molar refractivity (Wildman–Crippen MR) is 61.4 cm³/mol. The second-order valence-corrected chi connectivity index (χ2v) is 6.68. The van der Waals surface area contributed by atoms with E-state index in [0.717, 1.165) is 6.42 Å². The molecule has 4 rings (SSSR count). The van der Waals surface area contributed by atoms with Crippen molar-refractivity contribution < 1.29 is 19.1 Å². The second kappa shape index (κ2) is 2.72. The SMILES string of the molecule is CC1(C)C(=O)C[C@@]23C[C@]4(C[C@@H]12)OCOC4=CC3=O. The van der Waals surface area contributed by atoms with E-state index in [4.69, 9.17) is 9.47 Å². The smallest absolute Gasteiger partial charge is 0.189 e. The summed E-state index contributed by atoms with van der Waals surface area (Å²) in [6.07, 6.45) is 3.33. The molecule has 0 radical (unpaired) electrons. The molecule has 4 nitrogen and oxygen atoms in total. The molecule has 3 aliphatic carbocycles. The van der Waals surface area contributed by atoms with Crippen molar-refractivity contribution in [1.29, 1.82) is 0 Å². The molecule has 3 atom stereocenters. The molecule has 2 saturated carbocycles. The lowest BCUT2D eigenvalue weighted by Gasteiger charge is -2.32.